The Hall–Kier alpha value is -0.360. The zero-order chi connectivity index (χ0) is 14.7. The van der Waals surface area contributed by atoms with Gasteiger partial charge in [0.15, 0.2) is 0 Å². The normalized spacial score (nSPS) is 12.2. The molecule has 106 valence electrons. The molecule has 0 spiro atoms. The highest BCUT2D eigenvalue weighted by Crippen LogP contribution is 2.31. The molecule has 2 aromatic rings. The first kappa shape index (κ1) is 16.0. The molecule has 0 heterocycles. The van der Waals surface area contributed by atoms with Gasteiger partial charge >= 0.3 is 0 Å². The summed E-state index contributed by atoms with van der Waals surface area (Å²) >= 11 is 10.5. The Labute approximate surface area is 144 Å². The van der Waals surface area contributed by atoms with Crippen LogP contribution >= 0.6 is 47.8 Å². The lowest BCUT2D eigenvalue weighted by Crippen LogP contribution is -2.12. The van der Waals surface area contributed by atoms with Crippen LogP contribution in [0, 0.1) is 0 Å². The van der Waals surface area contributed by atoms with Gasteiger partial charge in [-0.2, -0.15) is 0 Å². The summed E-state index contributed by atoms with van der Waals surface area (Å²) in [6, 6.07) is 11.8. The Kier molecular flexibility index (Phi) is 5.66. The van der Waals surface area contributed by atoms with E-state index in [1.165, 1.54) is 0 Å². The van der Waals surface area contributed by atoms with Crippen LogP contribution in [-0.2, 0) is 0 Å². The van der Waals surface area contributed by atoms with Crippen molar-refractivity contribution in [3.05, 3.63) is 60.9 Å². The van der Waals surface area contributed by atoms with E-state index < -0.39 is 0 Å². The molecule has 20 heavy (non-hydrogen) atoms. The summed E-state index contributed by atoms with van der Waals surface area (Å²) in [6.07, 6.45) is 0. The molecule has 0 saturated heterocycles. The van der Waals surface area contributed by atoms with Gasteiger partial charge in [-0.15, -0.1) is 0 Å². The van der Waals surface area contributed by atoms with Crippen molar-refractivity contribution < 1.29 is 4.74 Å². The molecule has 0 aliphatic carbocycles. The largest absolute Gasteiger partial charge is 0.493 e. The minimum absolute atomic E-state index is 0.184. The third-order valence-corrected chi connectivity index (χ3v) is 4.39. The van der Waals surface area contributed by atoms with Crippen molar-refractivity contribution in [3.8, 4) is 5.75 Å². The number of rotatable bonds is 4. The van der Waals surface area contributed by atoms with Crippen LogP contribution < -0.4 is 10.5 Å². The molecule has 0 aliphatic heterocycles. The Morgan fingerprint density at radius 3 is 2.20 bits per heavy atom. The molecule has 0 aliphatic rings. The highest BCUT2D eigenvalue weighted by molar-refractivity contribution is 9.11. The van der Waals surface area contributed by atoms with E-state index in [2.05, 4.69) is 47.8 Å². The van der Waals surface area contributed by atoms with Gasteiger partial charge in [0.2, 0.25) is 0 Å². The van der Waals surface area contributed by atoms with E-state index in [9.17, 15) is 0 Å². The molecule has 0 radical (unpaired) electrons. The number of hydrogen-bond acceptors (Lipinski definition) is 2. The van der Waals surface area contributed by atoms with Crippen LogP contribution in [-0.4, -0.2) is 6.61 Å². The lowest BCUT2D eigenvalue weighted by atomic mass is 10.00. The Morgan fingerprint density at radius 2 is 1.65 bits per heavy atom. The van der Waals surface area contributed by atoms with Crippen LogP contribution in [0.2, 0.25) is 0 Å². The van der Waals surface area contributed by atoms with Crippen LogP contribution in [0.15, 0.2) is 49.8 Å². The fourth-order valence-corrected chi connectivity index (χ4v) is 3.77. The van der Waals surface area contributed by atoms with Crippen molar-refractivity contribution >= 4 is 47.8 Å². The van der Waals surface area contributed by atoms with Crippen LogP contribution in [0.1, 0.15) is 24.1 Å². The van der Waals surface area contributed by atoms with E-state index in [1.807, 2.05) is 43.3 Å². The summed E-state index contributed by atoms with van der Waals surface area (Å²) in [5.74, 6) is 0.832. The minimum Gasteiger partial charge on any atom is -0.493 e. The van der Waals surface area contributed by atoms with E-state index in [0.717, 1.165) is 30.3 Å². The zero-order valence-electron chi connectivity index (χ0n) is 10.9. The monoisotopic (exact) mass is 461 g/mol. The molecular weight excluding hydrogens is 450 g/mol. The standard InChI is InChI=1S/C15H14Br3NO/c1-2-20-14-4-3-9(7-13(14)18)15(19)10-5-11(16)8-12(17)6-10/h3-8,15H,2,19H2,1H3. The van der Waals surface area contributed by atoms with Gasteiger partial charge in [0.25, 0.3) is 0 Å². The maximum Gasteiger partial charge on any atom is 0.133 e. The molecule has 1 atom stereocenters. The first-order chi connectivity index (χ1) is 9.51. The summed E-state index contributed by atoms with van der Waals surface area (Å²) in [7, 11) is 0. The second kappa shape index (κ2) is 7.07. The number of nitrogens with two attached hydrogens (primary N) is 1. The van der Waals surface area contributed by atoms with Crippen molar-refractivity contribution in [1.29, 1.82) is 0 Å². The van der Waals surface area contributed by atoms with Crippen LogP contribution in [0.5, 0.6) is 5.75 Å². The molecule has 5 heteroatoms. The van der Waals surface area contributed by atoms with Crippen LogP contribution in [0.25, 0.3) is 0 Å². The Morgan fingerprint density at radius 1 is 1.00 bits per heavy atom. The molecule has 0 fully saturated rings. The van der Waals surface area contributed by atoms with Crippen LogP contribution in [0.3, 0.4) is 0 Å². The Bertz CT molecular complexity index is 596. The molecule has 0 bridgehead atoms. The molecule has 2 N–H and O–H groups in total. The van der Waals surface area contributed by atoms with Gasteiger partial charge < -0.3 is 10.5 Å². The van der Waals surface area contributed by atoms with Gasteiger partial charge in [0.1, 0.15) is 5.75 Å². The van der Waals surface area contributed by atoms with Gasteiger partial charge in [-0.05, 0) is 64.3 Å². The van der Waals surface area contributed by atoms with E-state index in [1.54, 1.807) is 0 Å². The van der Waals surface area contributed by atoms with E-state index >= 15 is 0 Å². The number of benzene rings is 2. The molecule has 2 aromatic carbocycles. The number of halogens is 3. The number of hydrogen-bond donors (Lipinski definition) is 1. The molecular formula is C15H14Br3NO. The SMILES string of the molecule is CCOc1ccc(C(N)c2cc(Br)cc(Br)c2)cc1Br. The minimum atomic E-state index is -0.184. The van der Waals surface area contributed by atoms with Crippen LogP contribution in [0.4, 0.5) is 0 Å². The highest BCUT2D eigenvalue weighted by atomic mass is 79.9. The third kappa shape index (κ3) is 3.85. The van der Waals surface area contributed by atoms with E-state index in [4.69, 9.17) is 10.5 Å². The van der Waals surface area contributed by atoms with Crippen molar-refractivity contribution in [3.63, 3.8) is 0 Å². The van der Waals surface area contributed by atoms with E-state index in [0.29, 0.717) is 6.61 Å². The zero-order valence-corrected chi connectivity index (χ0v) is 15.6. The van der Waals surface area contributed by atoms with Gasteiger partial charge in [-0.25, -0.2) is 0 Å². The predicted octanol–water partition coefficient (Wildman–Crippen LogP) is 5.42. The molecule has 2 rings (SSSR count). The first-order valence-electron chi connectivity index (χ1n) is 6.15. The van der Waals surface area contributed by atoms with Gasteiger partial charge in [0.05, 0.1) is 17.1 Å². The fraction of sp³-hybridized carbons (Fsp3) is 0.200. The van der Waals surface area contributed by atoms with Crippen molar-refractivity contribution in [1.82, 2.24) is 0 Å². The molecule has 1 unspecified atom stereocenters. The average Bonchev–Trinajstić information content (AvgIpc) is 2.39. The topological polar surface area (TPSA) is 35.2 Å². The second-order valence-corrected chi connectivity index (χ2v) is 6.99. The summed E-state index contributed by atoms with van der Waals surface area (Å²) in [5.41, 5.74) is 8.42. The summed E-state index contributed by atoms with van der Waals surface area (Å²) in [4.78, 5) is 0. The lowest BCUT2D eigenvalue weighted by Gasteiger charge is -2.15. The average molecular weight is 464 g/mol. The third-order valence-electron chi connectivity index (χ3n) is 2.86. The van der Waals surface area contributed by atoms with Crippen molar-refractivity contribution in [2.24, 2.45) is 5.73 Å². The van der Waals surface area contributed by atoms with Crippen molar-refractivity contribution in [2.75, 3.05) is 6.61 Å². The molecule has 0 saturated carbocycles. The first-order valence-corrected chi connectivity index (χ1v) is 8.53. The van der Waals surface area contributed by atoms with Gasteiger partial charge in [0, 0.05) is 8.95 Å². The molecule has 0 amide bonds. The maximum absolute atomic E-state index is 6.34. The summed E-state index contributed by atoms with van der Waals surface area (Å²) in [6.45, 7) is 2.60. The lowest BCUT2D eigenvalue weighted by molar-refractivity contribution is 0.338. The van der Waals surface area contributed by atoms with Gasteiger partial charge in [-0.1, -0.05) is 37.9 Å². The summed E-state index contributed by atoms with van der Waals surface area (Å²) in [5, 5.41) is 0. The number of ether oxygens (including phenoxy) is 1. The fourth-order valence-electron chi connectivity index (χ4n) is 1.93. The predicted molar refractivity (Wildman–Crippen MR) is 93.2 cm³/mol. The quantitative estimate of drug-likeness (QED) is 0.657. The van der Waals surface area contributed by atoms with Crippen molar-refractivity contribution in [2.45, 2.75) is 13.0 Å². The smallest absolute Gasteiger partial charge is 0.133 e. The van der Waals surface area contributed by atoms with E-state index in [-0.39, 0.29) is 6.04 Å². The molecule has 0 aromatic heterocycles. The maximum atomic E-state index is 6.34. The van der Waals surface area contributed by atoms with Gasteiger partial charge in [-0.3, -0.25) is 0 Å². The molecule has 2 nitrogen and oxygen atoms in total. The second-order valence-electron chi connectivity index (χ2n) is 4.30. The summed E-state index contributed by atoms with van der Waals surface area (Å²) < 4.78 is 8.43. The highest BCUT2D eigenvalue weighted by Gasteiger charge is 2.12. The Balaban J connectivity index is 2.33.